The predicted molar refractivity (Wildman–Crippen MR) is 230 cm³/mol. The number of aliphatic imine (C=N–C) groups is 1. The van der Waals surface area contributed by atoms with Gasteiger partial charge in [0.05, 0.1) is 50.5 Å². The fourth-order valence-electron chi connectivity index (χ4n) is 8.78. The van der Waals surface area contributed by atoms with Crippen LogP contribution in [0, 0.1) is 17.8 Å². The molecule has 7 rings (SSSR count). The molecule has 2 fully saturated rings. The summed E-state index contributed by atoms with van der Waals surface area (Å²) in [4.78, 5) is 69.3. The van der Waals surface area contributed by atoms with Crippen LogP contribution in [0.2, 0.25) is 0 Å². The number of benzene rings is 3. The number of nitrogens with zero attached hydrogens (tertiary/aromatic N) is 4. The summed E-state index contributed by atoms with van der Waals surface area (Å²) < 4.78 is 15.1. The number of hydrogen-bond donors (Lipinski definition) is 4. The lowest BCUT2D eigenvalue weighted by Gasteiger charge is -2.31. The van der Waals surface area contributed by atoms with E-state index in [1.54, 1.807) is 18.2 Å². The molecule has 0 saturated carbocycles. The molecule has 4 N–H and O–H groups in total. The third-order valence-electron chi connectivity index (χ3n) is 11.9. The number of carbonyl (C=O) groups is 4. The molecular formula is C46H56N8O7. The highest BCUT2D eigenvalue weighted by molar-refractivity contribution is 6.03. The summed E-state index contributed by atoms with van der Waals surface area (Å²) in [6.07, 6.45) is 1.67. The molecule has 1 aromatic heterocycles. The molecule has 0 aliphatic carbocycles. The third-order valence-corrected chi connectivity index (χ3v) is 11.9. The molecule has 4 aromatic rings. The zero-order valence-electron chi connectivity index (χ0n) is 35.6. The molecule has 61 heavy (non-hydrogen) atoms. The molecule has 7 unspecified atom stereocenters. The maximum absolute atomic E-state index is 14.1. The van der Waals surface area contributed by atoms with Gasteiger partial charge in [-0.05, 0) is 52.5 Å². The summed E-state index contributed by atoms with van der Waals surface area (Å²) in [6, 6.07) is 23.7. The summed E-state index contributed by atoms with van der Waals surface area (Å²) in [6.45, 7) is 8.06. The smallest absolute Gasteiger partial charge is 0.407 e. The number of aromatic nitrogens is 2. The van der Waals surface area contributed by atoms with Crippen molar-refractivity contribution in [1.82, 2.24) is 35.7 Å². The number of rotatable bonds is 13. The maximum atomic E-state index is 14.1. The van der Waals surface area contributed by atoms with E-state index in [-0.39, 0.29) is 47.8 Å². The first-order chi connectivity index (χ1) is 29.5. The van der Waals surface area contributed by atoms with Crippen molar-refractivity contribution in [3.63, 3.8) is 0 Å². The summed E-state index contributed by atoms with van der Waals surface area (Å²) >= 11 is 0. The van der Waals surface area contributed by atoms with E-state index in [0.717, 1.165) is 40.1 Å². The minimum atomic E-state index is -0.874. The van der Waals surface area contributed by atoms with Crippen molar-refractivity contribution in [1.29, 1.82) is 0 Å². The molecule has 15 heteroatoms. The Morgan fingerprint density at radius 2 is 1.43 bits per heavy atom. The van der Waals surface area contributed by atoms with Gasteiger partial charge in [-0.15, -0.1) is 0 Å². The zero-order valence-corrected chi connectivity index (χ0v) is 35.6. The molecule has 3 aliphatic heterocycles. The number of likely N-dealkylation sites (tertiary alicyclic amines) is 2. The molecule has 15 nitrogen and oxygen atoms in total. The number of methoxy groups -OCH3 is 3. The number of nitrogens with one attached hydrogen (secondary N) is 4. The van der Waals surface area contributed by atoms with Crippen LogP contribution >= 0.6 is 0 Å². The van der Waals surface area contributed by atoms with Crippen LogP contribution in [0.15, 0.2) is 90.1 Å². The first-order valence-electron chi connectivity index (χ1n) is 20.9. The van der Waals surface area contributed by atoms with Gasteiger partial charge in [0.1, 0.15) is 24.1 Å². The van der Waals surface area contributed by atoms with Crippen LogP contribution in [-0.4, -0.2) is 115 Å². The summed E-state index contributed by atoms with van der Waals surface area (Å²) in [7, 11) is 4.23. The fraction of sp³-hybridized carbons (Fsp3) is 0.435. The zero-order chi connectivity index (χ0) is 43.2. The number of imidazole rings is 1. The number of ether oxygens (including phenoxy) is 3. The Hall–Kier alpha value is -6.06. The van der Waals surface area contributed by atoms with Crippen LogP contribution in [-0.2, 0) is 23.8 Å². The average Bonchev–Trinajstić information content (AvgIpc) is 4.11. The van der Waals surface area contributed by atoms with E-state index in [2.05, 4.69) is 76.4 Å². The highest BCUT2D eigenvalue weighted by atomic mass is 16.5. The van der Waals surface area contributed by atoms with E-state index in [9.17, 15) is 19.2 Å². The Kier molecular flexibility index (Phi) is 13.5. The summed E-state index contributed by atoms with van der Waals surface area (Å²) in [5.74, 6) is 0.562. The molecule has 4 heterocycles. The lowest BCUT2D eigenvalue weighted by atomic mass is 10.0. The molecule has 7 atom stereocenters. The van der Waals surface area contributed by atoms with Crippen molar-refractivity contribution in [2.45, 2.75) is 63.9 Å². The number of hydrogen-bond acceptors (Lipinski definition) is 10. The molecule has 3 aromatic carbocycles. The van der Waals surface area contributed by atoms with E-state index in [1.807, 2.05) is 49.1 Å². The van der Waals surface area contributed by atoms with Gasteiger partial charge in [-0.1, -0.05) is 99.6 Å². The van der Waals surface area contributed by atoms with E-state index >= 15 is 0 Å². The number of amides is 4. The van der Waals surface area contributed by atoms with Gasteiger partial charge >= 0.3 is 12.2 Å². The average molecular weight is 833 g/mol. The Labute approximate surface area is 356 Å². The van der Waals surface area contributed by atoms with Gasteiger partial charge in [0.15, 0.2) is 0 Å². The van der Waals surface area contributed by atoms with E-state index in [4.69, 9.17) is 24.2 Å². The number of alkyl carbamates (subject to hydrolysis) is 2. The standard InChI is InChI=1S/C46H56N8O7/c1-27(2)39(51-45(57)60-5)43(55)54-25-29(26-59-4)21-38(54)42-48-23-36(50-42)33-18-14-31(15-19-33)30-12-16-32(17-13-30)35-22-47-41(49-35)37-20-28(3)24-53(37)44(56)40(52-46(58)61-6)34-10-8-7-9-11-34/h7-19,23,27-29,37-41,47H,20-22,24-26H2,1-6H3,(H,48,50)(H,51,57)(H,52,58). The quantitative estimate of drug-likeness (QED) is 0.131. The Morgan fingerprint density at radius 1 is 0.787 bits per heavy atom. The first kappa shape index (κ1) is 43.0. The van der Waals surface area contributed by atoms with Crippen molar-refractivity contribution >= 4 is 29.7 Å². The number of aromatic amines is 1. The van der Waals surface area contributed by atoms with Crippen LogP contribution < -0.4 is 16.0 Å². The highest BCUT2D eigenvalue weighted by Gasteiger charge is 2.43. The van der Waals surface area contributed by atoms with Crippen LogP contribution in [0.25, 0.3) is 22.4 Å². The minimum Gasteiger partial charge on any atom is -0.453 e. The second-order valence-electron chi connectivity index (χ2n) is 16.5. The van der Waals surface area contributed by atoms with E-state index < -0.39 is 24.3 Å². The van der Waals surface area contributed by atoms with Crippen molar-refractivity contribution in [3.05, 3.63) is 102 Å². The van der Waals surface area contributed by atoms with Gasteiger partial charge in [-0.3, -0.25) is 19.9 Å². The lowest BCUT2D eigenvalue weighted by molar-refractivity contribution is -0.136. The monoisotopic (exact) mass is 832 g/mol. The van der Waals surface area contributed by atoms with E-state index in [1.165, 1.54) is 14.2 Å². The SMILES string of the molecule is COCC1CC(c2ncc(-c3ccc(-c4ccc(C5=NC(C6CC(C)CN6C(=O)C(NC(=O)OC)c6ccccc6)NC5)cc4)cc3)[nH]2)N(C(=O)C(NC(=O)OC)C(C)C)C1. The van der Waals surface area contributed by atoms with Crippen molar-refractivity contribution in [2.24, 2.45) is 22.7 Å². The number of H-pyrrole nitrogens is 1. The van der Waals surface area contributed by atoms with E-state index in [0.29, 0.717) is 44.0 Å². The van der Waals surface area contributed by atoms with Crippen LogP contribution in [0.3, 0.4) is 0 Å². The maximum Gasteiger partial charge on any atom is 0.407 e. The number of carbonyl (C=O) groups excluding carboxylic acids is 4. The van der Waals surface area contributed by atoms with Gasteiger partial charge in [-0.2, -0.15) is 0 Å². The highest BCUT2D eigenvalue weighted by Crippen LogP contribution is 2.37. The van der Waals surface area contributed by atoms with Crippen LogP contribution in [0.4, 0.5) is 9.59 Å². The Balaban J connectivity index is 1.02. The van der Waals surface area contributed by atoms with Gasteiger partial charge in [0.25, 0.3) is 0 Å². The molecule has 0 spiro atoms. The molecule has 2 saturated heterocycles. The van der Waals surface area contributed by atoms with Gasteiger partial charge in [0.2, 0.25) is 11.8 Å². The largest absolute Gasteiger partial charge is 0.453 e. The van der Waals surface area contributed by atoms with Gasteiger partial charge in [0, 0.05) is 32.7 Å². The normalized spacial score (nSPS) is 22.1. The lowest BCUT2D eigenvalue weighted by Crippen LogP contribution is -2.51. The second kappa shape index (κ2) is 19.1. The molecule has 0 bridgehead atoms. The third kappa shape index (κ3) is 9.63. The van der Waals surface area contributed by atoms with Gasteiger partial charge in [-0.25, -0.2) is 14.6 Å². The minimum absolute atomic E-state index is 0.121. The fourth-order valence-corrected chi connectivity index (χ4v) is 8.78. The molecule has 4 amide bonds. The summed E-state index contributed by atoms with van der Waals surface area (Å²) in [5.41, 5.74) is 6.52. The van der Waals surface area contributed by atoms with Crippen molar-refractivity contribution < 1.29 is 33.4 Å². The molecule has 3 aliphatic rings. The predicted octanol–water partition coefficient (Wildman–Crippen LogP) is 5.71. The van der Waals surface area contributed by atoms with Gasteiger partial charge < -0.3 is 39.6 Å². The Bertz CT molecular complexity index is 2190. The van der Waals surface area contributed by atoms with Crippen LogP contribution in [0.1, 0.15) is 62.6 Å². The molecule has 0 radical (unpaired) electrons. The molecular weight excluding hydrogens is 777 g/mol. The molecule has 322 valence electrons. The van der Waals surface area contributed by atoms with Crippen molar-refractivity contribution in [3.8, 4) is 22.4 Å². The van der Waals surface area contributed by atoms with Crippen LogP contribution in [0.5, 0.6) is 0 Å². The topological polar surface area (TPSA) is 180 Å². The van der Waals surface area contributed by atoms with Crippen molar-refractivity contribution in [2.75, 3.05) is 47.6 Å². The Morgan fingerprint density at radius 3 is 2.07 bits per heavy atom. The second-order valence-corrected chi connectivity index (χ2v) is 16.5. The summed E-state index contributed by atoms with van der Waals surface area (Å²) in [5, 5.41) is 9.00. The first-order valence-corrected chi connectivity index (χ1v) is 20.9.